The van der Waals surface area contributed by atoms with Crippen molar-refractivity contribution < 1.29 is 13.2 Å². The number of hydrogen-bond acceptors (Lipinski definition) is 4. The summed E-state index contributed by atoms with van der Waals surface area (Å²) in [6.45, 7) is 0.543. The highest BCUT2D eigenvalue weighted by atomic mass is 32.2. The van der Waals surface area contributed by atoms with Gasteiger partial charge in [0, 0.05) is 30.4 Å². The summed E-state index contributed by atoms with van der Waals surface area (Å²) in [5, 5.41) is 7.48. The van der Waals surface area contributed by atoms with Gasteiger partial charge in [-0.25, -0.2) is 8.42 Å². The van der Waals surface area contributed by atoms with Crippen molar-refractivity contribution in [1.82, 2.24) is 19.8 Å². The third-order valence-corrected chi connectivity index (χ3v) is 6.68. The van der Waals surface area contributed by atoms with E-state index in [2.05, 4.69) is 26.9 Å². The van der Waals surface area contributed by atoms with Gasteiger partial charge in [-0.2, -0.15) is 9.82 Å². The molecule has 0 aliphatic heterocycles. The van der Waals surface area contributed by atoms with Crippen molar-refractivity contribution in [3.63, 3.8) is 0 Å². The second-order valence-corrected chi connectivity index (χ2v) is 9.50. The minimum absolute atomic E-state index is 0.0752. The average Bonchev–Trinajstić information content (AvgIpc) is 3.31. The zero-order chi connectivity index (χ0) is 23.7. The maximum atomic E-state index is 12.6. The Morgan fingerprint density at radius 3 is 2.52 bits per heavy atom. The third-order valence-electron chi connectivity index (χ3n) is 5.26. The number of unbranched alkanes of at least 4 members (excludes halogenated alkanes) is 2. The predicted molar refractivity (Wildman–Crippen MR) is 129 cm³/mol. The van der Waals surface area contributed by atoms with Gasteiger partial charge in [-0.15, -0.1) is 6.42 Å². The van der Waals surface area contributed by atoms with Crippen molar-refractivity contribution in [2.75, 3.05) is 20.1 Å². The molecule has 0 bridgehead atoms. The molecule has 0 aliphatic rings. The van der Waals surface area contributed by atoms with Gasteiger partial charge in [-0.1, -0.05) is 42.7 Å². The highest BCUT2D eigenvalue weighted by Crippen LogP contribution is 2.18. The van der Waals surface area contributed by atoms with E-state index in [-0.39, 0.29) is 17.3 Å². The topological polar surface area (TPSA) is 95.2 Å². The van der Waals surface area contributed by atoms with E-state index in [0.717, 1.165) is 42.6 Å². The van der Waals surface area contributed by atoms with Crippen LogP contribution < -0.4 is 4.72 Å². The van der Waals surface area contributed by atoms with Gasteiger partial charge >= 0.3 is 0 Å². The maximum absolute atomic E-state index is 12.6. The number of aryl methyl sites for hydroxylation is 1. The number of hydrogen-bond donors (Lipinski definition) is 2. The van der Waals surface area contributed by atoms with E-state index in [1.807, 2.05) is 30.3 Å². The summed E-state index contributed by atoms with van der Waals surface area (Å²) in [6.07, 6.45) is 8.85. The van der Waals surface area contributed by atoms with Crippen LogP contribution in [-0.2, 0) is 16.4 Å². The fraction of sp³-hybridized carbons (Fsp3) is 0.280. The molecule has 0 radical (unpaired) electrons. The lowest BCUT2D eigenvalue weighted by atomic mass is 10.1. The van der Waals surface area contributed by atoms with Crippen LogP contribution in [0, 0.1) is 12.3 Å². The van der Waals surface area contributed by atoms with Crippen LogP contribution in [0.3, 0.4) is 0 Å². The Bertz CT molecular complexity index is 1200. The molecule has 2 aromatic carbocycles. The number of aromatic nitrogens is 2. The molecule has 0 aliphatic carbocycles. The molecule has 0 saturated heterocycles. The van der Waals surface area contributed by atoms with Crippen molar-refractivity contribution >= 4 is 15.9 Å². The number of H-pyrrole nitrogens is 1. The minimum atomic E-state index is -3.67. The van der Waals surface area contributed by atoms with Crippen LogP contribution in [0.1, 0.15) is 35.3 Å². The van der Waals surface area contributed by atoms with E-state index >= 15 is 0 Å². The smallest absolute Gasteiger partial charge is 0.253 e. The molecule has 7 nitrogen and oxygen atoms in total. The molecule has 1 amide bonds. The first-order chi connectivity index (χ1) is 15.9. The number of carbonyl (C=O) groups is 1. The Balaban J connectivity index is 1.42. The van der Waals surface area contributed by atoms with Crippen LogP contribution in [-0.4, -0.2) is 49.6 Å². The Morgan fingerprint density at radius 2 is 1.82 bits per heavy atom. The Labute approximate surface area is 195 Å². The Hall–Kier alpha value is -3.41. The highest BCUT2D eigenvalue weighted by molar-refractivity contribution is 7.89. The highest BCUT2D eigenvalue weighted by Gasteiger charge is 2.16. The van der Waals surface area contributed by atoms with Crippen molar-refractivity contribution in [3.8, 4) is 23.6 Å². The summed E-state index contributed by atoms with van der Waals surface area (Å²) in [4.78, 5) is 14.4. The predicted octanol–water partition coefficient (Wildman–Crippen LogP) is 3.47. The SMILES string of the molecule is C#CCNS(=O)(=O)c1ccc(C(=O)N(C)CCCCCc2cc(-c3ccccc3)n[nH]2)cc1. The summed E-state index contributed by atoms with van der Waals surface area (Å²) < 4.78 is 26.4. The Morgan fingerprint density at radius 1 is 1.09 bits per heavy atom. The first-order valence-corrected chi connectivity index (χ1v) is 12.3. The van der Waals surface area contributed by atoms with Crippen molar-refractivity contribution in [2.24, 2.45) is 0 Å². The summed E-state index contributed by atoms with van der Waals surface area (Å²) >= 11 is 0. The number of aromatic amines is 1. The zero-order valence-corrected chi connectivity index (χ0v) is 19.4. The van der Waals surface area contributed by atoms with E-state index in [0.29, 0.717) is 12.1 Å². The van der Waals surface area contributed by atoms with E-state index < -0.39 is 10.0 Å². The van der Waals surface area contributed by atoms with Gasteiger partial charge in [-0.05, 0) is 49.6 Å². The molecule has 0 fully saturated rings. The number of nitrogens with zero attached hydrogens (tertiary/aromatic N) is 2. The molecule has 2 N–H and O–H groups in total. The van der Waals surface area contributed by atoms with Gasteiger partial charge in [0.25, 0.3) is 5.91 Å². The van der Waals surface area contributed by atoms with Gasteiger partial charge in [0.1, 0.15) is 0 Å². The normalized spacial score (nSPS) is 11.2. The number of carbonyl (C=O) groups excluding carboxylic acids is 1. The number of rotatable bonds is 11. The number of sulfonamides is 1. The monoisotopic (exact) mass is 464 g/mol. The average molecular weight is 465 g/mol. The fourth-order valence-corrected chi connectivity index (χ4v) is 4.34. The van der Waals surface area contributed by atoms with Crippen molar-refractivity contribution in [1.29, 1.82) is 0 Å². The van der Waals surface area contributed by atoms with E-state index in [1.165, 1.54) is 24.3 Å². The van der Waals surface area contributed by atoms with E-state index in [9.17, 15) is 13.2 Å². The third kappa shape index (κ3) is 6.78. The van der Waals surface area contributed by atoms with E-state index in [4.69, 9.17) is 6.42 Å². The van der Waals surface area contributed by atoms with Crippen LogP contribution in [0.25, 0.3) is 11.3 Å². The molecule has 1 heterocycles. The number of terminal acetylenes is 1. The second-order valence-electron chi connectivity index (χ2n) is 7.73. The molecule has 3 aromatic rings. The standard InChI is InChI=1S/C25H28N4O3S/c1-3-17-26-33(31,32)23-15-13-21(14-16-23)25(30)29(2)18-9-5-8-12-22-19-24(28-27-22)20-10-6-4-7-11-20/h1,4,6-7,10-11,13-16,19,26H,5,8-9,12,17-18H2,2H3,(H,27,28). The Kier molecular flexibility index (Phi) is 8.41. The second kappa shape index (κ2) is 11.5. The molecular weight excluding hydrogens is 436 g/mol. The summed E-state index contributed by atoms with van der Waals surface area (Å²) in [5.74, 6) is 2.09. The summed E-state index contributed by atoms with van der Waals surface area (Å²) in [6, 6.07) is 18.0. The lowest BCUT2D eigenvalue weighted by Crippen LogP contribution is -2.28. The van der Waals surface area contributed by atoms with E-state index in [1.54, 1.807) is 11.9 Å². The first-order valence-electron chi connectivity index (χ1n) is 10.8. The summed E-state index contributed by atoms with van der Waals surface area (Å²) in [5.41, 5.74) is 3.58. The van der Waals surface area contributed by atoms with Crippen LogP contribution >= 0.6 is 0 Å². The van der Waals surface area contributed by atoms with Gasteiger partial charge in [0.05, 0.1) is 17.1 Å². The van der Waals surface area contributed by atoms with Crippen LogP contribution in [0.4, 0.5) is 0 Å². The first kappa shape index (κ1) is 24.2. The van der Waals surface area contributed by atoms with Crippen molar-refractivity contribution in [3.05, 3.63) is 71.9 Å². The van der Waals surface area contributed by atoms with Gasteiger partial charge in [0.15, 0.2) is 0 Å². The molecule has 0 atom stereocenters. The molecule has 1 aromatic heterocycles. The van der Waals surface area contributed by atoms with Gasteiger partial charge < -0.3 is 4.90 Å². The van der Waals surface area contributed by atoms with Crippen LogP contribution in [0.5, 0.6) is 0 Å². The summed E-state index contributed by atoms with van der Waals surface area (Å²) in [7, 11) is -1.91. The molecule has 0 saturated carbocycles. The maximum Gasteiger partial charge on any atom is 0.253 e. The molecule has 8 heteroatoms. The number of benzene rings is 2. The molecule has 3 rings (SSSR count). The van der Waals surface area contributed by atoms with Crippen molar-refractivity contribution in [2.45, 2.75) is 30.6 Å². The molecule has 172 valence electrons. The fourth-order valence-electron chi connectivity index (χ4n) is 3.41. The lowest BCUT2D eigenvalue weighted by Gasteiger charge is -2.17. The number of nitrogens with one attached hydrogen (secondary N) is 2. The van der Waals surface area contributed by atoms with Crippen LogP contribution in [0.15, 0.2) is 65.6 Å². The van der Waals surface area contributed by atoms with Gasteiger partial charge in [0.2, 0.25) is 10.0 Å². The van der Waals surface area contributed by atoms with Gasteiger partial charge in [-0.3, -0.25) is 9.89 Å². The minimum Gasteiger partial charge on any atom is -0.342 e. The molecule has 0 unspecified atom stereocenters. The largest absolute Gasteiger partial charge is 0.342 e. The molecule has 33 heavy (non-hydrogen) atoms. The lowest BCUT2D eigenvalue weighted by molar-refractivity contribution is 0.0792. The molecule has 0 spiro atoms. The number of amides is 1. The zero-order valence-electron chi connectivity index (χ0n) is 18.6. The quantitative estimate of drug-likeness (QED) is 0.336. The van der Waals surface area contributed by atoms with Crippen LogP contribution in [0.2, 0.25) is 0 Å². The molecular formula is C25H28N4O3S.